The molecule has 1 saturated heterocycles. The number of hydrogen-bond donors (Lipinski definition) is 3. The highest BCUT2D eigenvalue weighted by Crippen LogP contribution is 2.21. The zero-order valence-corrected chi connectivity index (χ0v) is 13.4. The molecule has 1 aliphatic rings. The van der Waals surface area contributed by atoms with Crippen LogP contribution in [0.25, 0.3) is 6.08 Å². The maximum atomic E-state index is 12.9. The normalized spacial score (nSPS) is 14.7. The molecule has 0 atom stereocenters. The van der Waals surface area contributed by atoms with Crippen LogP contribution >= 0.6 is 0 Å². The summed E-state index contributed by atoms with van der Waals surface area (Å²) in [6, 6.07) is 11.5. The number of anilines is 1. The summed E-state index contributed by atoms with van der Waals surface area (Å²) in [5.74, 6) is -1.00. The number of para-hydroxylation sites is 1. The zero-order valence-electron chi connectivity index (χ0n) is 13.4. The Morgan fingerprint density at radius 3 is 2.50 bits per heavy atom. The quantitative estimate of drug-likeness (QED) is 0.565. The SMILES string of the molecule is O=C(COc1ccccc1/C=C1/NC(=O)NC1=O)Nc1ccc(F)cc1. The number of carbonyl (C=O) groups is 3. The van der Waals surface area contributed by atoms with Crippen LogP contribution in [0.1, 0.15) is 5.56 Å². The Bertz CT molecular complexity index is 894. The first-order valence-electron chi connectivity index (χ1n) is 7.62. The van der Waals surface area contributed by atoms with Crippen molar-refractivity contribution < 1.29 is 23.5 Å². The van der Waals surface area contributed by atoms with Crippen LogP contribution in [0.4, 0.5) is 14.9 Å². The van der Waals surface area contributed by atoms with Crippen LogP contribution in [0, 0.1) is 5.82 Å². The second-order valence-corrected chi connectivity index (χ2v) is 5.35. The molecule has 8 heteroatoms. The third-order valence-electron chi connectivity index (χ3n) is 3.43. The monoisotopic (exact) mass is 355 g/mol. The van der Waals surface area contributed by atoms with Crippen molar-refractivity contribution in [3.63, 3.8) is 0 Å². The van der Waals surface area contributed by atoms with Crippen molar-refractivity contribution in [2.24, 2.45) is 0 Å². The van der Waals surface area contributed by atoms with Crippen LogP contribution in [-0.2, 0) is 9.59 Å². The number of ether oxygens (including phenoxy) is 1. The second kappa shape index (κ2) is 7.47. The summed E-state index contributed by atoms with van der Waals surface area (Å²) in [6.07, 6.45) is 1.45. The van der Waals surface area contributed by atoms with Gasteiger partial charge in [0.25, 0.3) is 11.8 Å². The van der Waals surface area contributed by atoms with Gasteiger partial charge in [0.2, 0.25) is 0 Å². The Morgan fingerprint density at radius 1 is 1.08 bits per heavy atom. The molecule has 0 unspecified atom stereocenters. The second-order valence-electron chi connectivity index (χ2n) is 5.35. The number of benzene rings is 2. The topological polar surface area (TPSA) is 96.5 Å². The van der Waals surface area contributed by atoms with Gasteiger partial charge in [0.05, 0.1) is 0 Å². The lowest BCUT2D eigenvalue weighted by molar-refractivity contribution is -0.118. The number of amides is 4. The van der Waals surface area contributed by atoms with Crippen LogP contribution in [0.3, 0.4) is 0 Å². The standard InChI is InChI=1S/C18H14FN3O4/c19-12-5-7-13(8-6-12)20-16(23)10-26-15-4-2-1-3-11(15)9-14-17(24)22-18(25)21-14/h1-9H,10H2,(H,20,23)(H2,21,22,24,25)/b14-9+. The molecule has 0 spiro atoms. The number of urea groups is 1. The fourth-order valence-corrected chi connectivity index (χ4v) is 2.24. The van der Waals surface area contributed by atoms with Crippen molar-refractivity contribution in [2.45, 2.75) is 0 Å². The third kappa shape index (κ3) is 4.23. The molecule has 1 aliphatic heterocycles. The fourth-order valence-electron chi connectivity index (χ4n) is 2.24. The summed E-state index contributed by atoms with van der Waals surface area (Å²) in [4.78, 5) is 34.7. The lowest BCUT2D eigenvalue weighted by Gasteiger charge is -2.10. The summed E-state index contributed by atoms with van der Waals surface area (Å²) < 4.78 is 18.4. The van der Waals surface area contributed by atoms with E-state index in [1.807, 2.05) is 0 Å². The number of nitrogens with one attached hydrogen (secondary N) is 3. The molecular formula is C18H14FN3O4. The molecule has 7 nitrogen and oxygen atoms in total. The highest BCUT2D eigenvalue weighted by molar-refractivity contribution is 6.14. The van der Waals surface area contributed by atoms with E-state index in [9.17, 15) is 18.8 Å². The van der Waals surface area contributed by atoms with Crippen LogP contribution in [0.15, 0.2) is 54.2 Å². The van der Waals surface area contributed by atoms with Gasteiger partial charge in [0, 0.05) is 11.3 Å². The zero-order chi connectivity index (χ0) is 18.5. The van der Waals surface area contributed by atoms with Crippen molar-refractivity contribution in [1.29, 1.82) is 0 Å². The summed E-state index contributed by atoms with van der Waals surface area (Å²) in [5, 5.41) is 7.05. The van der Waals surface area contributed by atoms with Crippen LogP contribution in [-0.4, -0.2) is 24.5 Å². The molecule has 0 aromatic heterocycles. The Morgan fingerprint density at radius 2 is 1.81 bits per heavy atom. The Labute approximate surface area is 147 Å². The van der Waals surface area contributed by atoms with Crippen molar-refractivity contribution in [2.75, 3.05) is 11.9 Å². The first kappa shape index (κ1) is 17.2. The number of rotatable bonds is 5. The third-order valence-corrected chi connectivity index (χ3v) is 3.43. The van der Waals surface area contributed by atoms with E-state index in [1.54, 1.807) is 24.3 Å². The molecule has 132 valence electrons. The Kier molecular flexibility index (Phi) is 4.93. The molecule has 4 amide bonds. The number of carbonyl (C=O) groups excluding carboxylic acids is 3. The Balaban J connectivity index is 1.66. The molecule has 2 aromatic rings. The number of hydrogen-bond acceptors (Lipinski definition) is 4. The molecule has 0 saturated carbocycles. The van der Waals surface area contributed by atoms with Crippen molar-refractivity contribution in [3.05, 3.63) is 65.6 Å². The molecule has 0 bridgehead atoms. The molecule has 0 aliphatic carbocycles. The predicted molar refractivity (Wildman–Crippen MR) is 91.6 cm³/mol. The molecule has 2 aromatic carbocycles. The first-order chi connectivity index (χ1) is 12.5. The van der Waals surface area contributed by atoms with Gasteiger partial charge in [-0.05, 0) is 36.4 Å². The van der Waals surface area contributed by atoms with E-state index >= 15 is 0 Å². The average Bonchev–Trinajstić information content (AvgIpc) is 2.93. The summed E-state index contributed by atoms with van der Waals surface area (Å²) >= 11 is 0. The predicted octanol–water partition coefficient (Wildman–Crippen LogP) is 2.02. The average molecular weight is 355 g/mol. The molecular weight excluding hydrogens is 341 g/mol. The van der Waals surface area contributed by atoms with Crippen LogP contribution in [0.5, 0.6) is 5.75 Å². The maximum absolute atomic E-state index is 12.9. The van der Waals surface area contributed by atoms with Crippen LogP contribution < -0.4 is 20.7 Å². The van der Waals surface area contributed by atoms with Gasteiger partial charge < -0.3 is 15.4 Å². The van der Waals surface area contributed by atoms with Gasteiger partial charge in [-0.25, -0.2) is 9.18 Å². The summed E-state index contributed by atoms with van der Waals surface area (Å²) in [7, 11) is 0. The van der Waals surface area contributed by atoms with Crippen molar-refractivity contribution in [3.8, 4) is 5.75 Å². The highest BCUT2D eigenvalue weighted by Gasteiger charge is 2.23. The molecule has 0 radical (unpaired) electrons. The van der Waals surface area contributed by atoms with E-state index in [2.05, 4.69) is 16.0 Å². The Hall–Kier alpha value is -3.68. The summed E-state index contributed by atoms with van der Waals surface area (Å²) in [6.45, 7) is -0.282. The fraction of sp³-hybridized carbons (Fsp3) is 0.0556. The van der Waals surface area contributed by atoms with Crippen LogP contribution in [0.2, 0.25) is 0 Å². The van der Waals surface area contributed by atoms with Gasteiger partial charge in [-0.2, -0.15) is 0 Å². The van der Waals surface area contributed by atoms with Gasteiger partial charge in [-0.15, -0.1) is 0 Å². The maximum Gasteiger partial charge on any atom is 0.326 e. The highest BCUT2D eigenvalue weighted by atomic mass is 19.1. The minimum Gasteiger partial charge on any atom is -0.483 e. The van der Waals surface area contributed by atoms with Crippen molar-refractivity contribution in [1.82, 2.24) is 10.6 Å². The largest absolute Gasteiger partial charge is 0.483 e. The molecule has 1 fully saturated rings. The molecule has 1 heterocycles. The number of imide groups is 1. The molecule has 26 heavy (non-hydrogen) atoms. The van der Waals surface area contributed by atoms with Crippen molar-refractivity contribution >= 4 is 29.6 Å². The molecule has 3 rings (SSSR count). The summed E-state index contributed by atoms with van der Waals surface area (Å²) in [5.41, 5.74) is 1.05. The van der Waals surface area contributed by atoms with Gasteiger partial charge in [-0.3, -0.25) is 14.9 Å². The van der Waals surface area contributed by atoms with Gasteiger partial charge in [0.15, 0.2) is 6.61 Å². The first-order valence-corrected chi connectivity index (χ1v) is 7.62. The van der Waals surface area contributed by atoms with E-state index in [-0.39, 0.29) is 12.3 Å². The van der Waals surface area contributed by atoms with Gasteiger partial charge in [0.1, 0.15) is 17.3 Å². The minimum absolute atomic E-state index is 0.0850. The van der Waals surface area contributed by atoms with Gasteiger partial charge in [-0.1, -0.05) is 18.2 Å². The van der Waals surface area contributed by atoms with E-state index in [0.29, 0.717) is 17.0 Å². The molecule has 3 N–H and O–H groups in total. The lowest BCUT2D eigenvalue weighted by atomic mass is 10.1. The van der Waals surface area contributed by atoms with E-state index in [4.69, 9.17) is 4.74 Å². The smallest absolute Gasteiger partial charge is 0.326 e. The van der Waals surface area contributed by atoms with E-state index < -0.39 is 23.7 Å². The minimum atomic E-state index is -0.599. The van der Waals surface area contributed by atoms with Gasteiger partial charge >= 0.3 is 6.03 Å². The number of halogens is 1. The lowest BCUT2D eigenvalue weighted by Crippen LogP contribution is -2.22. The van der Waals surface area contributed by atoms with E-state index in [1.165, 1.54) is 30.3 Å². The van der Waals surface area contributed by atoms with E-state index in [0.717, 1.165) is 0 Å².